The van der Waals surface area contributed by atoms with E-state index in [2.05, 4.69) is 4.98 Å². The highest BCUT2D eigenvalue weighted by atomic mass is 16.6. The molecule has 1 atom stereocenters. The van der Waals surface area contributed by atoms with Crippen LogP contribution in [0.3, 0.4) is 0 Å². The molecule has 8 heteroatoms. The van der Waals surface area contributed by atoms with Gasteiger partial charge in [0.25, 0.3) is 0 Å². The van der Waals surface area contributed by atoms with Crippen LogP contribution in [0.15, 0.2) is 12.3 Å². The maximum Gasteiger partial charge on any atom is 0.342 e. The molecule has 1 unspecified atom stereocenters. The van der Waals surface area contributed by atoms with Crippen molar-refractivity contribution >= 4 is 17.5 Å². The number of anilines is 1. The number of aromatic nitrogens is 1. The SMILES string of the molecule is CC(CC#N)N(C)c1cc(C(=O)O)c([N+](=O)[O-])cn1. The topological polar surface area (TPSA) is 120 Å². The monoisotopic (exact) mass is 264 g/mol. The van der Waals surface area contributed by atoms with E-state index in [1.54, 1.807) is 18.9 Å². The van der Waals surface area contributed by atoms with E-state index in [9.17, 15) is 14.9 Å². The number of nitriles is 1. The normalized spacial score (nSPS) is 11.4. The van der Waals surface area contributed by atoms with Gasteiger partial charge in [-0.25, -0.2) is 9.78 Å². The Hall–Kier alpha value is -2.69. The van der Waals surface area contributed by atoms with Gasteiger partial charge < -0.3 is 10.0 Å². The van der Waals surface area contributed by atoms with Gasteiger partial charge in [0.1, 0.15) is 17.6 Å². The molecule has 0 amide bonds. The highest BCUT2D eigenvalue weighted by molar-refractivity contribution is 5.93. The highest BCUT2D eigenvalue weighted by Gasteiger charge is 2.23. The third kappa shape index (κ3) is 3.16. The number of carboxylic acid groups (broad SMARTS) is 1. The Morgan fingerprint density at radius 1 is 1.74 bits per heavy atom. The Kier molecular flexibility index (Phi) is 4.36. The predicted molar refractivity (Wildman–Crippen MR) is 65.9 cm³/mol. The van der Waals surface area contributed by atoms with Gasteiger partial charge in [0.15, 0.2) is 0 Å². The van der Waals surface area contributed by atoms with Crippen LogP contribution in [-0.4, -0.2) is 34.1 Å². The van der Waals surface area contributed by atoms with E-state index in [0.29, 0.717) is 0 Å². The van der Waals surface area contributed by atoms with Crippen LogP contribution in [0.1, 0.15) is 23.7 Å². The van der Waals surface area contributed by atoms with Crippen molar-refractivity contribution in [1.82, 2.24) is 4.98 Å². The number of carboxylic acids is 1. The lowest BCUT2D eigenvalue weighted by Gasteiger charge is -2.23. The maximum atomic E-state index is 11.0. The fraction of sp³-hybridized carbons (Fsp3) is 0.364. The second-order valence-electron chi connectivity index (χ2n) is 3.94. The number of pyridine rings is 1. The van der Waals surface area contributed by atoms with E-state index >= 15 is 0 Å². The highest BCUT2D eigenvalue weighted by Crippen LogP contribution is 2.23. The average Bonchev–Trinajstić information content (AvgIpc) is 2.37. The summed E-state index contributed by atoms with van der Waals surface area (Å²) in [4.78, 5) is 26.3. The molecule has 1 aromatic heterocycles. The van der Waals surface area contributed by atoms with Crippen LogP contribution in [0, 0.1) is 21.4 Å². The summed E-state index contributed by atoms with van der Waals surface area (Å²) in [6.07, 6.45) is 1.14. The Balaban J connectivity index is 3.19. The second kappa shape index (κ2) is 5.77. The summed E-state index contributed by atoms with van der Waals surface area (Å²) in [5, 5.41) is 28.3. The van der Waals surface area contributed by atoms with Crippen LogP contribution in [0.2, 0.25) is 0 Å². The number of aromatic carboxylic acids is 1. The van der Waals surface area contributed by atoms with Crippen molar-refractivity contribution in [3.05, 3.63) is 27.9 Å². The summed E-state index contributed by atoms with van der Waals surface area (Å²) in [5.41, 5.74) is -0.983. The fourth-order valence-corrected chi connectivity index (χ4v) is 1.44. The standard InChI is InChI=1S/C11H12N4O4/c1-7(3-4-12)14(2)10-5-8(11(16)17)9(6-13-10)15(18)19/h5-7H,3H2,1-2H3,(H,16,17). The Labute approximate surface area is 109 Å². The first-order valence-electron chi connectivity index (χ1n) is 5.36. The summed E-state index contributed by atoms with van der Waals surface area (Å²) in [6, 6.07) is 2.94. The zero-order valence-corrected chi connectivity index (χ0v) is 10.4. The number of carbonyl (C=O) groups is 1. The van der Waals surface area contributed by atoms with Crippen molar-refractivity contribution in [1.29, 1.82) is 5.26 Å². The molecular weight excluding hydrogens is 252 g/mol. The smallest absolute Gasteiger partial charge is 0.342 e. The number of nitro groups is 1. The molecule has 0 saturated carbocycles. The summed E-state index contributed by atoms with van der Waals surface area (Å²) >= 11 is 0. The molecule has 0 bridgehead atoms. The zero-order valence-electron chi connectivity index (χ0n) is 10.4. The Morgan fingerprint density at radius 2 is 2.37 bits per heavy atom. The first-order chi connectivity index (χ1) is 8.88. The van der Waals surface area contributed by atoms with Crippen LogP contribution in [0.5, 0.6) is 0 Å². The summed E-state index contributed by atoms with van der Waals surface area (Å²) in [7, 11) is 1.64. The number of hydrogen-bond acceptors (Lipinski definition) is 6. The van der Waals surface area contributed by atoms with Gasteiger partial charge in [-0.15, -0.1) is 0 Å². The molecule has 8 nitrogen and oxygen atoms in total. The van der Waals surface area contributed by atoms with Crippen molar-refractivity contribution in [2.75, 3.05) is 11.9 Å². The number of nitrogens with zero attached hydrogens (tertiary/aromatic N) is 4. The lowest BCUT2D eigenvalue weighted by atomic mass is 10.2. The fourth-order valence-electron chi connectivity index (χ4n) is 1.44. The molecule has 1 heterocycles. The van der Waals surface area contributed by atoms with Crippen LogP contribution in [0.4, 0.5) is 11.5 Å². The van der Waals surface area contributed by atoms with Crippen molar-refractivity contribution in [2.45, 2.75) is 19.4 Å². The van der Waals surface area contributed by atoms with E-state index < -0.39 is 22.1 Å². The molecule has 1 rings (SSSR count). The predicted octanol–water partition coefficient (Wildman–Crippen LogP) is 1.43. The van der Waals surface area contributed by atoms with Gasteiger partial charge in [0.2, 0.25) is 0 Å². The van der Waals surface area contributed by atoms with Crippen LogP contribution < -0.4 is 4.90 Å². The van der Waals surface area contributed by atoms with Gasteiger partial charge in [0, 0.05) is 19.2 Å². The third-order valence-corrected chi connectivity index (χ3v) is 2.70. The van der Waals surface area contributed by atoms with Crippen molar-refractivity contribution in [3.63, 3.8) is 0 Å². The molecular formula is C11H12N4O4. The van der Waals surface area contributed by atoms with E-state index in [-0.39, 0.29) is 18.3 Å². The van der Waals surface area contributed by atoms with E-state index in [1.807, 2.05) is 6.07 Å². The first kappa shape index (κ1) is 14.4. The minimum Gasteiger partial charge on any atom is -0.477 e. The molecule has 0 radical (unpaired) electrons. The lowest BCUT2D eigenvalue weighted by Crippen LogP contribution is -2.29. The molecule has 100 valence electrons. The van der Waals surface area contributed by atoms with Gasteiger partial charge in [-0.1, -0.05) is 0 Å². The Bertz CT molecular complexity index is 552. The lowest BCUT2D eigenvalue weighted by molar-refractivity contribution is -0.385. The van der Waals surface area contributed by atoms with Gasteiger partial charge in [-0.05, 0) is 6.92 Å². The van der Waals surface area contributed by atoms with Crippen molar-refractivity contribution in [3.8, 4) is 6.07 Å². The minimum atomic E-state index is -1.39. The van der Waals surface area contributed by atoms with Gasteiger partial charge >= 0.3 is 11.7 Å². The largest absolute Gasteiger partial charge is 0.477 e. The molecule has 19 heavy (non-hydrogen) atoms. The number of hydrogen-bond donors (Lipinski definition) is 1. The van der Waals surface area contributed by atoms with Gasteiger partial charge in [-0.3, -0.25) is 10.1 Å². The summed E-state index contributed by atoms with van der Waals surface area (Å²) in [5.74, 6) is -1.12. The average molecular weight is 264 g/mol. The number of rotatable bonds is 5. The van der Waals surface area contributed by atoms with Crippen molar-refractivity contribution < 1.29 is 14.8 Å². The molecule has 0 aromatic carbocycles. The van der Waals surface area contributed by atoms with Crippen LogP contribution in [-0.2, 0) is 0 Å². The summed E-state index contributed by atoms with van der Waals surface area (Å²) in [6.45, 7) is 1.77. The van der Waals surface area contributed by atoms with Gasteiger partial charge in [-0.2, -0.15) is 5.26 Å². The quantitative estimate of drug-likeness (QED) is 0.630. The van der Waals surface area contributed by atoms with Crippen molar-refractivity contribution in [2.24, 2.45) is 0 Å². The molecule has 1 N–H and O–H groups in total. The Morgan fingerprint density at radius 3 is 2.84 bits per heavy atom. The summed E-state index contributed by atoms with van der Waals surface area (Å²) < 4.78 is 0. The molecule has 0 aliphatic heterocycles. The molecule has 0 aliphatic rings. The maximum absolute atomic E-state index is 11.0. The first-order valence-corrected chi connectivity index (χ1v) is 5.36. The van der Waals surface area contributed by atoms with E-state index in [0.717, 1.165) is 12.3 Å². The molecule has 0 aliphatic carbocycles. The van der Waals surface area contributed by atoms with E-state index in [4.69, 9.17) is 10.4 Å². The second-order valence-corrected chi connectivity index (χ2v) is 3.94. The van der Waals surface area contributed by atoms with E-state index in [1.165, 1.54) is 0 Å². The molecule has 0 fully saturated rings. The van der Waals surface area contributed by atoms with Gasteiger partial charge in [0.05, 0.1) is 17.4 Å². The third-order valence-electron chi connectivity index (χ3n) is 2.70. The molecule has 0 spiro atoms. The van der Waals surface area contributed by atoms with Crippen LogP contribution >= 0.6 is 0 Å². The van der Waals surface area contributed by atoms with Crippen LogP contribution in [0.25, 0.3) is 0 Å². The molecule has 1 aromatic rings. The zero-order chi connectivity index (χ0) is 14.6. The minimum absolute atomic E-state index is 0.180. The molecule has 0 saturated heterocycles.